The van der Waals surface area contributed by atoms with Crippen LogP contribution in [0.5, 0.6) is 0 Å². The smallest absolute Gasteiger partial charge is 0.337 e. The Morgan fingerprint density at radius 3 is 2.55 bits per heavy atom. The number of epoxide rings is 1. The molecule has 1 unspecified atom stereocenters. The summed E-state index contributed by atoms with van der Waals surface area (Å²) in [6.45, 7) is 1.04. The van der Waals surface area contributed by atoms with E-state index in [0.29, 0.717) is 29.7 Å². The molecule has 9 nitrogen and oxygen atoms in total. The number of ether oxygens (including phenoxy) is 1. The number of rotatable bonds is 7. The second-order valence-electron chi connectivity index (χ2n) is 7.68. The number of carbonyl (C=O) groups is 1. The third-order valence-corrected chi connectivity index (χ3v) is 5.61. The average molecular weight is 440 g/mol. The summed E-state index contributed by atoms with van der Waals surface area (Å²) >= 11 is 0. The molecule has 5 rings (SSSR count). The second-order valence-corrected chi connectivity index (χ2v) is 7.68. The highest BCUT2D eigenvalue weighted by molar-refractivity contribution is 6.03. The summed E-state index contributed by atoms with van der Waals surface area (Å²) in [5, 5.41) is 16.4. The molecule has 1 aromatic heterocycles. The van der Waals surface area contributed by atoms with Gasteiger partial charge in [0, 0.05) is 12.1 Å². The fourth-order valence-electron chi connectivity index (χ4n) is 4.02. The third kappa shape index (κ3) is 3.85. The van der Waals surface area contributed by atoms with Crippen LogP contribution in [0.1, 0.15) is 33.4 Å². The number of benzene rings is 3. The summed E-state index contributed by atoms with van der Waals surface area (Å²) in [6, 6.07) is 20.6. The average Bonchev–Trinajstić information content (AvgIpc) is 3.61. The summed E-state index contributed by atoms with van der Waals surface area (Å²) in [4.78, 5) is 16.5. The number of nitrogens with zero attached hydrogens (tertiary/aromatic N) is 4. The molecule has 164 valence electrons. The predicted molar refractivity (Wildman–Crippen MR) is 122 cm³/mol. The van der Waals surface area contributed by atoms with Crippen LogP contribution in [0.2, 0.25) is 0 Å². The van der Waals surface area contributed by atoms with Gasteiger partial charge in [0.2, 0.25) is 0 Å². The first-order valence-corrected chi connectivity index (χ1v) is 10.3. The van der Waals surface area contributed by atoms with Gasteiger partial charge in [0.1, 0.15) is 11.9 Å². The van der Waals surface area contributed by atoms with Crippen molar-refractivity contribution in [1.82, 2.24) is 9.55 Å². The zero-order valence-electron chi connectivity index (χ0n) is 17.5. The van der Waals surface area contributed by atoms with Gasteiger partial charge in [-0.2, -0.15) is 5.53 Å². The van der Waals surface area contributed by atoms with Crippen molar-refractivity contribution in [2.45, 2.75) is 12.6 Å². The highest BCUT2D eigenvalue weighted by atomic mass is 16.6. The zero-order valence-corrected chi connectivity index (χ0v) is 17.5. The highest BCUT2D eigenvalue weighted by Crippen LogP contribution is 2.34. The number of imidazole rings is 1. The minimum atomic E-state index is -0.990. The SMILES string of the molecule is N=N/N=C(\N)c1ccccc1-c1ccc(Cn2c(C3CO3)nc3cccc(C(=O)O)c32)cc1. The lowest BCUT2D eigenvalue weighted by Crippen LogP contribution is -2.13. The number of para-hydroxylation sites is 1. The topological polar surface area (TPSA) is 142 Å². The summed E-state index contributed by atoms with van der Waals surface area (Å²) in [5.74, 6) is -0.0864. The Bertz CT molecular complexity index is 1400. The maximum Gasteiger partial charge on any atom is 0.337 e. The second kappa shape index (κ2) is 8.29. The molecular weight excluding hydrogens is 420 g/mol. The number of hydrogen-bond acceptors (Lipinski definition) is 5. The van der Waals surface area contributed by atoms with Crippen molar-refractivity contribution in [2.24, 2.45) is 16.1 Å². The molecule has 1 aliphatic heterocycles. The van der Waals surface area contributed by atoms with Crippen molar-refractivity contribution in [3.63, 3.8) is 0 Å². The summed E-state index contributed by atoms with van der Waals surface area (Å²) in [7, 11) is 0. The number of carboxylic acid groups (broad SMARTS) is 1. The van der Waals surface area contributed by atoms with Crippen LogP contribution in [0.4, 0.5) is 0 Å². The van der Waals surface area contributed by atoms with E-state index in [-0.39, 0.29) is 17.5 Å². The number of amidine groups is 1. The molecule has 0 amide bonds. The van der Waals surface area contributed by atoms with Crippen LogP contribution >= 0.6 is 0 Å². The molecule has 0 aliphatic carbocycles. The number of nitrogens with two attached hydrogens (primary N) is 1. The fourth-order valence-corrected chi connectivity index (χ4v) is 4.02. The molecule has 33 heavy (non-hydrogen) atoms. The van der Waals surface area contributed by atoms with Crippen LogP contribution in [0.15, 0.2) is 77.1 Å². The Labute approximate surface area is 188 Å². The lowest BCUT2D eigenvalue weighted by molar-refractivity contribution is 0.0698. The Balaban J connectivity index is 1.53. The molecule has 2 heterocycles. The predicted octanol–water partition coefficient (Wildman–Crippen LogP) is 4.17. The van der Waals surface area contributed by atoms with Crippen molar-refractivity contribution in [3.05, 3.63) is 89.2 Å². The summed E-state index contributed by atoms with van der Waals surface area (Å²) in [6.07, 6.45) is -0.116. The first kappa shape index (κ1) is 20.5. The van der Waals surface area contributed by atoms with E-state index < -0.39 is 5.97 Å². The normalized spacial score (nSPS) is 15.5. The Kier molecular flexibility index (Phi) is 5.15. The molecule has 0 bridgehead atoms. The molecule has 1 saturated heterocycles. The zero-order chi connectivity index (χ0) is 22.9. The quantitative estimate of drug-likeness (QED) is 0.130. The number of carboxylic acids is 1. The minimum Gasteiger partial charge on any atom is -0.478 e. The van der Waals surface area contributed by atoms with Gasteiger partial charge in [-0.25, -0.2) is 9.78 Å². The number of aromatic carboxylic acids is 1. The molecule has 9 heteroatoms. The van der Waals surface area contributed by atoms with Crippen molar-refractivity contribution in [3.8, 4) is 11.1 Å². The van der Waals surface area contributed by atoms with E-state index in [1.807, 2.05) is 59.2 Å². The first-order chi connectivity index (χ1) is 16.1. The van der Waals surface area contributed by atoms with Gasteiger partial charge in [0.15, 0.2) is 5.84 Å². The largest absolute Gasteiger partial charge is 0.478 e. The Morgan fingerprint density at radius 2 is 1.85 bits per heavy atom. The van der Waals surface area contributed by atoms with Crippen LogP contribution in [-0.4, -0.2) is 33.1 Å². The molecule has 1 aliphatic rings. The highest BCUT2D eigenvalue weighted by Gasteiger charge is 2.32. The van der Waals surface area contributed by atoms with Crippen molar-refractivity contribution < 1.29 is 14.6 Å². The molecule has 4 N–H and O–H groups in total. The van der Waals surface area contributed by atoms with Gasteiger partial charge < -0.3 is 20.1 Å². The molecule has 1 atom stereocenters. The number of hydrogen-bond donors (Lipinski definition) is 3. The van der Waals surface area contributed by atoms with Gasteiger partial charge >= 0.3 is 5.97 Å². The maximum absolute atomic E-state index is 11.8. The van der Waals surface area contributed by atoms with Crippen molar-refractivity contribution in [2.75, 3.05) is 6.61 Å². The standard InChI is InChI=1S/C24H20N6O3/c25-22(28-29-26)17-5-2-1-4-16(17)15-10-8-14(9-11-15)12-30-21-18(24(31)32)6-3-7-19(21)27-23(30)20-13-33-20/h1-11,20H,12-13H2,(H,31,32)(H3,25,26,28). The molecule has 3 aromatic carbocycles. The van der Waals surface area contributed by atoms with E-state index in [1.54, 1.807) is 12.1 Å². The minimum absolute atomic E-state index is 0.116. The first-order valence-electron chi connectivity index (χ1n) is 10.3. The monoisotopic (exact) mass is 440 g/mol. The third-order valence-electron chi connectivity index (χ3n) is 5.61. The van der Waals surface area contributed by atoms with E-state index in [1.165, 1.54) is 0 Å². The molecule has 1 fully saturated rings. The number of fused-ring (bicyclic) bond motifs is 1. The van der Waals surface area contributed by atoms with Crippen LogP contribution in [0, 0.1) is 5.53 Å². The van der Waals surface area contributed by atoms with E-state index in [4.69, 9.17) is 16.0 Å². The van der Waals surface area contributed by atoms with Crippen molar-refractivity contribution in [1.29, 1.82) is 5.53 Å². The van der Waals surface area contributed by atoms with Gasteiger partial charge in [-0.1, -0.05) is 59.8 Å². The number of nitrogens with one attached hydrogen (secondary N) is 1. The fraction of sp³-hybridized carbons (Fsp3) is 0.125. The van der Waals surface area contributed by atoms with E-state index in [2.05, 4.69) is 15.3 Å². The molecule has 0 spiro atoms. The lowest BCUT2D eigenvalue weighted by Gasteiger charge is -2.12. The van der Waals surface area contributed by atoms with Crippen LogP contribution in [0.25, 0.3) is 22.2 Å². The summed E-state index contributed by atoms with van der Waals surface area (Å²) < 4.78 is 7.39. The summed E-state index contributed by atoms with van der Waals surface area (Å²) in [5.41, 5.74) is 17.8. The molecule has 0 radical (unpaired) electrons. The van der Waals surface area contributed by atoms with Gasteiger partial charge in [0.05, 0.1) is 23.2 Å². The van der Waals surface area contributed by atoms with Crippen LogP contribution in [-0.2, 0) is 11.3 Å². The van der Waals surface area contributed by atoms with Gasteiger partial charge in [-0.3, -0.25) is 0 Å². The molecule has 4 aromatic rings. The Hall–Kier alpha value is -4.37. The molecular formula is C24H20N6O3. The van der Waals surface area contributed by atoms with E-state index in [0.717, 1.165) is 22.5 Å². The van der Waals surface area contributed by atoms with Crippen LogP contribution < -0.4 is 5.73 Å². The van der Waals surface area contributed by atoms with E-state index in [9.17, 15) is 9.90 Å². The van der Waals surface area contributed by atoms with Crippen molar-refractivity contribution >= 4 is 22.8 Å². The maximum atomic E-state index is 11.8. The Morgan fingerprint density at radius 1 is 1.12 bits per heavy atom. The van der Waals surface area contributed by atoms with E-state index >= 15 is 0 Å². The molecule has 0 saturated carbocycles. The number of aromatic nitrogens is 2. The van der Waals surface area contributed by atoms with Crippen LogP contribution in [0.3, 0.4) is 0 Å². The van der Waals surface area contributed by atoms with Gasteiger partial charge in [-0.15, -0.1) is 5.10 Å². The lowest BCUT2D eigenvalue weighted by atomic mass is 9.98. The van der Waals surface area contributed by atoms with Gasteiger partial charge in [0.25, 0.3) is 0 Å². The van der Waals surface area contributed by atoms with Gasteiger partial charge in [-0.05, 0) is 28.8 Å².